The average Bonchev–Trinajstić information content (AvgIpc) is 3.19. The molecule has 0 aliphatic carbocycles. The summed E-state index contributed by atoms with van der Waals surface area (Å²) in [6, 6.07) is 16.8. The summed E-state index contributed by atoms with van der Waals surface area (Å²) in [5.74, 6) is -1.77. The van der Waals surface area contributed by atoms with Crippen LogP contribution in [0.25, 0.3) is 16.5 Å². The summed E-state index contributed by atoms with van der Waals surface area (Å²) >= 11 is 0. The van der Waals surface area contributed by atoms with Crippen molar-refractivity contribution in [2.24, 2.45) is 0 Å². The number of nitrogens with one attached hydrogen (secondary N) is 1. The lowest BCUT2D eigenvalue weighted by Crippen LogP contribution is -2.29. The number of amides is 1. The quantitative estimate of drug-likeness (QED) is 0.462. The van der Waals surface area contributed by atoms with E-state index in [4.69, 9.17) is 0 Å². The predicted molar refractivity (Wildman–Crippen MR) is 106 cm³/mol. The Morgan fingerprint density at radius 2 is 1.74 bits per heavy atom. The highest BCUT2D eigenvalue weighted by molar-refractivity contribution is 5.94. The maximum Gasteiger partial charge on any atom is 0.435 e. The number of hydrogen-bond acceptors (Lipinski definition) is 3. The van der Waals surface area contributed by atoms with Crippen molar-refractivity contribution in [1.82, 2.24) is 20.3 Å². The van der Waals surface area contributed by atoms with Gasteiger partial charge in [-0.05, 0) is 41.5 Å². The van der Waals surface area contributed by atoms with Gasteiger partial charge in [0.2, 0.25) is 0 Å². The lowest BCUT2D eigenvalue weighted by molar-refractivity contribution is -0.143. The van der Waals surface area contributed by atoms with Crippen LogP contribution < -0.4 is 5.32 Å². The van der Waals surface area contributed by atoms with Crippen LogP contribution in [0, 0.1) is 5.82 Å². The molecule has 3 aromatic carbocycles. The number of carbonyl (C=O) groups excluding carboxylic acids is 1. The first-order valence-electron chi connectivity index (χ1n) is 9.33. The molecule has 9 heteroatoms. The molecule has 4 rings (SSSR count). The van der Waals surface area contributed by atoms with Crippen LogP contribution in [0.1, 0.15) is 34.7 Å². The van der Waals surface area contributed by atoms with E-state index in [0.717, 1.165) is 28.5 Å². The Morgan fingerprint density at radius 1 is 1.03 bits per heavy atom. The first kappa shape index (κ1) is 20.5. The minimum absolute atomic E-state index is 0.194. The van der Waals surface area contributed by atoms with Gasteiger partial charge in [0.15, 0.2) is 11.4 Å². The van der Waals surface area contributed by atoms with Crippen LogP contribution in [0.15, 0.2) is 66.7 Å². The zero-order valence-electron chi connectivity index (χ0n) is 16.2. The molecule has 0 aliphatic rings. The highest BCUT2D eigenvalue weighted by atomic mass is 19.4. The first-order chi connectivity index (χ1) is 14.8. The molecular weight excluding hydrogens is 412 g/mol. The Kier molecular flexibility index (Phi) is 5.18. The van der Waals surface area contributed by atoms with Crippen molar-refractivity contribution in [3.05, 3.63) is 89.5 Å². The Morgan fingerprint density at radius 3 is 2.48 bits per heavy atom. The SMILES string of the molecule is CC(NC(=O)c1nnn(-c2cccc(F)c2)c1C(F)(F)F)c1cccc2ccccc12. The van der Waals surface area contributed by atoms with Crippen molar-refractivity contribution in [3.63, 3.8) is 0 Å². The smallest absolute Gasteiger partial charge is 0.344 e. The number of rotatable bonds is 4. The van der Waals surface area contributed by atoms with E-state index in [1.807, 2.05) is 36.4 Å². The Balaban J connectivity index is 1.70. The number of carbonyl (C=O) groups is 1. The van der Waals surface area contributed by atoms with Gasteiger partial charge in [-0.15, -0.1) is 5.10 Å². The van der Waals surface area contributed by atoms with Gasteiger partial charge < -0.3 is 5.32 Å². The predicted octanol–water partition coefficient (Wildman–Crippen LogP) is 5.07. The second kappa shape index (κ2) is 7.82. The molecule has 0 fully saturated rings. The fourth-order valence-electron chi connectivity index (χ4n) is 3.45. The van der Waals surface area contributed by atoms with E-state index in [9.17, 15) is 22.4 Å². The third-order valence-electron chi connectivity index (χ3n) is 4.84. The number of halogens is 4. The van der Waals surface area contributed by atoms with Crippen molar-refractivity contribution in [2.45, 2.75) is 19.1 Å². The molecule has 1 N–H and O–H groups in total. The topological polar surface area (TPSA) is 59.8 Å². The van der Waals surface area contributed by atoms with Gasteiger partial charge in [0.1, 0.15) is 5.82 Å². The van der Waals surface area contributed by atoms with E-state index in [2.05, 4.69) is 15.6 Å². The number of nitrogens with zero attached hydrogens (tertiary/aromatic N) is 3. The monoisotopic (exact) mass is 428 g/mol. The average molecular weight is 428 g/mol. The normalized spacial score (nSPS) is 12.7. The van der Waals surface area contributed by atoms with E-state index in [1.165, 1.54) is 12.1 Å². The van der Waals surface area contributed by atoms with Crippen molar-refractivity contribution < 1.29 is 22.4 Å². The highest BCUT2D eigenvalue weighted by Crippen LogP contribution is 2.33. The van der Waals surface area contributed by atoms with Crippen LogP contribution >= 0.6 is 0 Å². The maximum absolute atomic E-state index is 13.8. The van der Waals surface area contributed by atoms with E-state index >= 15 is 0 Å². The van der Waals surface area contributed by atoms with Crippen molar-refractivity contribution in [2.75, 3.05) is 0 Å². The molecule has 0 bridgehead atoms. The fraction of sp³-hybridized carbons (Fsp3) is 0.136. The molecule has 0 saturated carbocycles. The minimum Gasteiger partial charge on any atom is -0.344 e. The molecule has 1 unspecified atom stereocenters. The van der Waals surface area contributed by atoms with Crippen LogP contribution in [0.2, 0.25) is 0 Å². The highest BCUT2D eigenvalue weighted by Gasteiger charge is 2.42. The molecule has 158 valence electrons. The Hall–Kier alpha value is -3.75. The largest absolute Gasteiger partial charge is 0.435 e. The molecule has 1 heterocycles. The maximum atomic E-state index is 13.8. The molecule has 1 aromatic heterocycles. The summed E-state index contributed by atoms with van der Waals surface area (Å²) < 4.78 is 55.3. The van der Waals surface area contributed by atoms with Gasteiger partial charge in [-0.3, -0.25) is 4.79 Å². The van der Waals surface area contributed by atoms with Gasteiger partial charge in [-0.1, -0.05) is 53.7 Å². The van der Waals surface area contributed by atoms with Gasteiger partial charge in [0.25, 0.3) is 5.91 Å². The van der Waals surface area contributed by atoms with Gasteiger partial charge in [-0.25, -0.2) is 9.07 Å². The number of benzene rings is 3. The third kappa shape index (κ3) is 3.98. The van der Waals surface area contributed by atoms with E-state index in [1.54, 1.807) is 13.0 Å². The minimum atomic E-state index is -4.94. The summed E-state index contributed by atoms with van der Waals surface area (Å²) in [5, 5.41) is 11.3. The van der Waals surface area contributed by atoms with Crippen molar-refractivity contribution in [3.8, 4) is 5.69 Å². The Labute approximate surface area is 174 Å². The van der Waals surface area contributed by atoms with Crippen LogP contribution in [0.5, 0.6) is 0 Å². The van der Waals surface area contributed by atoms with Crippen LogP contribution in [-0.4, -0.2) is 20.9 Å². The van der Waals surface area contributed by atoms with Gasteiger partial charge in [0, 0.05) is 0 Å². The lowest BCUT2D eigenvalue weighted by atomic mass is 9.99. The fourth-order valence-corrected chi connectivity index (χ4v) is 3.45. The molecule has 5 nitrogen and oxygen atoms in total. The molecule has 1 amide bonds. The summed E-state index contributed by atoms with van der Waals surface area (Å²) in [6.07, 6.45) is -4.94. The first-order valence-corrected chi connectivity index (χ1v) is 9.33. The van der Waals surface area contributed by atoms with Crippen molar-refractivity contribution >= 4 is 16.7 Å². The number of alkyl halides is 3. The number of aromatic nitrogens is 3. The van der Waals surface area contributed by atoms with Crippen molar-refractivity contribution in [1.29, 1.82) is 0 Å². The van der Waals surface area contributed by atoms with Crippen LogP contribution in [-0.2, 0) is 6.18 Å². The summed E-state index contributed by atoms with van der Waals surface area (Å²) in [6.45, 7) is 1.67. The van der Waals surface area contributed by atoms with E-state index in [0.29, 0.717) is 4.68 Å². The standard InChI is InChI=1S/C22H16F4N4O/c1-13(17-11-4-7-14-6-2-3-10-18(14)17)27-21(31)19-20(22(24,25)26)30(29-28-19)16-9-5-8-15(23)12-16/h2-13H,1H3,(H,27,31). The zero-order valence-corrected chi connectivity index (χ0v) is 16.2. The second-order valence-electron chi connectivity index (χ2n) is 6.94. The van der Waals surface area contributed by atoms with Crippen LogP contribution in [0.3, 0.4) is 0 Å². The van der Waals surface area contributed by atoms with E-state index in [-0.39, 0.29) is 5.69 Å². The second-order valence-corrected chi connectivity index (χ2v) is 6.94. The molecule has 0 aliphatic heterocycles. The Bertz CT molecular complexity index is 1260. The molecular formula is C22H16F4N4O. The summed E-state index contributed by atoms with van der Waals surface area (Å²) in [4.78, 5) is 12.7. The lowest BCUT2D eigenvalue weighted by Gasteiger charge is -2.17. The third-order valence-corrected chi connectivity index (χ3v) is 4.84. The molecule has 0 radical (unpaired) electrons. The summed E-state index contributed by atoms with van der Waals surface area (Å²) in [7, 11) is 0. The van der Waals surface area contributed by atoms with Gasteiger partial charge in [0.05, 0.1) is 11.7 Å². The van der Waals surface area contributed by atoms with Gasteiger partial charge >= 0.3 is 6.18 Å². The van der Waals surface area contributed by atoms with Gasteiger partial charge in [-0.2, -0.15) is 13.2 Å². The molecule has 31 heavy (non-hydrogen) atoms. The molecule has 1 atom stereocenters. The number of hydrogen-bond donors (Lipinski definition) is 1. The molecule has 0 saturated heterocycles. The molecule has 4 aromatic rings. The van der Waals surface area contributed by atoms with E-state index < -0.39 is 35.3 Å². The van der Waals surface area contributed by atoms with Crippen LogP contribution in [0.4, 0.5) is 17.6 Å². The molecule has 0 spiro atoms. The number of fused-ring (bicyclic) bond motifs is 1. The zero-order chi connectivity index (χ0) is 22.2. The summed E-state index contributed by atoms with van der Waals surface area (Å²) in [5.41, 5.74) is -1.71.